The van der Waals surface area contributed by atoms with E-state index in [0.29, 0.717) is 0 Å². The minimum atomic E-state index is 0.775. The third-order valence-corrected chi connectivity index (χ3v) is 2.43. The van der Waals surface area contributed by atoms with Crippen LogP contribution in [-0.4, -0.2) is 22.7 Å². The molecule has 4 heteroatoms. The lowest BCUT2D eigenvalue weighted by molar-refractivity contribution is 0.344. The lowest BCUT2D eigenvalue weighted by Crippen LogP contribution is -2.14. The first-order valence-electron chi connectivity index (χ1n) is 4.41. The number of nitrogens with one attached hydrogen (secondary N) is 1. The first-order chi connectivity index (χ1) is 5.95. The lowest BCUT2D eigenvalue weighted by Gasteiger charge is -2.13. The van der Waals surface area contributed by atoms with Crippen LogP contribution in [0.25, 0.3) is 0 Å². The maximum atomic E-state index is 5.36. The molecule has 0 aliphatic carbocycles. The van der Waals surface area contributed by atoms with E-state index in [1.807, 2.05) is 0 Å². The van der Waals surface area contributed by atoms with Gasteiger partial charge in [0.2, 0.25) is 0 Å². The predicted molar refractivity (Wildman–Crippen MR) is 44.5 cm³/mol. The van der Waals surface area contributed by atoms with Crippen LogP contribution in [0.2, 0.25) is 0 Å². The van der Waals surface area contributed by atoms with E-state index in [1.165, 1.54) is 17.9 Å². The Hall–Kier alpha value is -1.19. The summed E-state index contributed by atoms with van der Waals surface area (Å²) in [4.78, 5) is 4.41. The minimum Gasteiger partial charge on any atom is -0.463 e. The lowest BCUT2D eigenvalue weighted by atomic mass is 10.2. The molecule has 0 radical (unpaired) electrons. The highest BCUT2D eigenvalue weighted by Gasteiger charge is 2.23. The van der Waals surface area contributed by atoms with E-state index in [-0.39, 0.29) is 0 Å². The molecular weight excluding hydrogens is 154 g/mol. The van der Waals surface area contributed by atoms with Crippen molar-refractivity contribution in [2.75, 3.05) is 18.5 Å². The van der Waals surface area contributed by atoms with Crippen molar-refractivity contribution in [3.05, 3.63) is 5.69 Å². The van der Waals surface area contributed by atoms with Gasteiger partial charge in [0, 0.05) is 6.54 Å². The number of fused-ring (bicyclic) bond motifs is 3. The second kappa shape index (κ2) is 2.15. The Morgan fingerprint density at radius 1 is 1.50 bits per heavy atom. The van der Waals surface area contributed by atoms with Gasteiger partial charge in [-0.25, -0.2) is 0 Å². The number of imidazole rings is 1. The fourth-order valence-electron chi connectivity index (χ4n) is 1.86. The fourth-order valence-corrected chi connectivity index (χ4v) is 1.86. The predicted octanol–water partition coefficient (Wildman–Crippen LogP) is 0.634. The molecule has 2 aliphatic heterocycles. The molecule has 0 saturated carbocycles. The maximum absolute atomic E-state index is 5.36. The molecule has 0 unspecified atom stereocenters. The zero-order valence-corrected chi connectivity index (χ0v) is 6.84. The summed E-state index contributed by atoms with van der Waals surface area (Å²) in [6.07, 6.45) is 2.27. The Bertz CT molecular complexity index is 318. The SMILES string of the molecule is C1CNc2c(nc3n2CCO3)C1. The molecule has 64 valence electrons. The van der Waals surface area contributed by atoms with Gasteiger partial charge in [0.15, 0.2) is 0 Å². The highest BCUT2D eigenvalue weighted by Crippen LogP contribution is 2.29. The molecule has 0 saturated heterocycles. The average molecular weight is 165 g/mol. The molecule has 3 rings (SSSR count). The first-order valence-corrected chi connectivity index (χ1v) is 4.41. The van der Waals surface area contributed by atoms with Crippen LogP contribution in [0.4, 0.5) is 5.82 Å². The van der Waals surface area contributed by atoms with E-state index in [2.05, 4.69) is 14.9 Å². The van der Waals surface area contributed by atoms with Crippen molar-refractivity contribution in [1.29, 1.82) is 0 Å². The highest BCUT2D eigenvalue weighted by atomic mass is 16.5. The highest BCUT2D eigenvalue weighted by molar-refractivity contribution is 5.47. The summed E-state index contributed by atoms with van der Waals surface area (Å²) in [5.41, 5.74) is 1.18. The Kier molecular flexibility index (Phi) is 1.14. The molecule has 1 aromatic rings. The number of anilines is 1. The Balaban J connectivity index is 2.14. The van der Waals surface area contributed by atoms with Gasteiger partial charge in [-0.05, 0) is 12.8 Å². The van der Waals surface area contributed by atoms with Gasteiger partial charge in [-0.1, -0.05) is 0 Å². The van der Waals surface area contributed by atoms with Crippen LogP contribution in [-0.2, 0) is 13.0 Å². The molecular formula is C8H11N3O. The third-order valence-electron chi connectivity index (χ3n) is 2.43. The molecule has 0 aromatic carbocycles. The Morgan fingerprint density at radius 3 is 3.50 bits per heavy atom. The van der Waals surface area contributed by atoms with Gasteiger partial charge in [-0.15, -0.1) is 0 Å². The van der Waals surface area contributed by atoms with Gasteiger partial charge in [0.05, 0.1) is 12.2 Å². The number of aromatic nitrogens is 2. The van der Waals surface area contributed by atoms with E-state index in [1.54, 1.807) is 0 Å². The van der Waals surface area contributed by atoms with E-state index in [4.69, 9.17) is 4.74 Å². The van der Waals surface area contributed by atoms with Crippen molar-refractivity contribution in [3.63, 3.8) is 0 Å². The van der Waals surface area contributed by atoms with Crippen molar-refractivity contribution < 1.29 is 4.74 Å². The molecule has 0 atom stereocenters. The third kappa shape index (κ3) is 0.695. The second-order valence-corrected chi connectivity index (χ2v) is 3.22. The van der Waals surface area contributed by atoms with Crippen LogP contribution in [0.1, 0.15) is 12.1 Å². The molecule has 2 aliphatic rings. The van der Waals surface area contributed by atoms with Crippen LogP contribution in [0, 0.1) is 0 Å². The van der Waals surface area contributed by atoms with Crippen molar-refractivity contribution in [1.82, 2.24) is 9.55 Å². The summed E-state index contributed by atoms with van der Waals surface area (Å²) in [6, 6.07) is 0.800. The molecule has 12 heavy (non-hydrogen) atoms. The number of rotatable bonds is 0. The molecule has 0 bridgehead atoms. The van der Waals surface area contributed by atoms with Crippen LogP contribution in [0.15, 0.2) is 0 Å². The molecule has 4 nitrogen and oxygen atoms in total. The molecule has 0 fully saturated rings. The zero-order chi connectivity index (χ0) is 7.97. The van der Waals surface area contributed by atoms with Gasteiger partial charge in [-0.2, -0.15) is 4.98 Å². The number of hydrogen-bond acceptors (Lipinski definition) is 3. The molecule has 3 heterocycles. The van der Waals surface area contributed by atoms with Gasteiger partial charge >= 0.3 is 0 Å². The van der Waals surface area contributed by atoms with Crippen molar-refractivity contribution in [2.45, 2.75) is 19.4 Å². The fraction of sp³-hybridized carbons (Fsp3) is 0.625. The van der Waals surface area contributed by atoms with Gasteiger partial charge in [0.25, 0.3) is 6.01 Å². The quantitative estimate of drug-likeness (QED) is 0.613. The minimum absolute atomic E-state index is 0.775. The number of ether oxygens (including phenoxy) is 1. The van der Waals surface area contributed by atoms with Crippen molar-refractivity contribution in [2.24, 2.45) is 0 Å². The Morgan fingerprint density at radius 2 is 2.50 bits per heavy atom. The monoisotopic (exact) mass is 165 g/mol. The van der Waals surface area contributed by atoms with Gasteiger partial charge < -0.3 is 10.1 Å². The number of nitrogens with zero attached hydrogens (tertiary/aromatic N) is 2. The van der Waals surface area contributed by atoms with Crippen LogP contribution in [0.3, 0.4) is 0 Å². The van der Waals surface area contributed by atoms with Crippen LogP contribution >= 0.6 is 0 Å². The summed E-state index contributed by atoms with van der Waals surface area (Å²) < 4.78 is 7.50. The molecule has 1 N–H and O–H groups in total. The smallest absolute Gasteiger partial charge is 0.298 e. The van der Waals surface area contributed by atoms with E-state index in [0.717, 1.165) is 32.1 Å². The van der Waals surface area contributed by atoms with Gasteiger partial charge in [-0.3, -0.25) is 4.57 Å². The topological polar surface area (TPSA) is 39.1 Å². The summed E-state index contributed by atoms with van der Waals surface area (Å²) >= 11 is 0. The normalized spacial score (nSPS) is 19.3. The number of hydrogen-bond donors (Lipinski definition) is 1. The van der Waals surface area contributed by atoms with Crippen molar-refractivity contribution >= 4 is 5.82 Å². The summed E-state index contributed by atoms with van der Waals surface area (Å²) in [6.45, 7) is 2.79. The summed E-state index contributed by atoms with van der Waals surface area (Å²) in [5.74, 6) is 1.19. The molecule has 0 amide bonds. The largest absolute Gasteiger partial charge is 0.463 e. The summed E-state index contributed by atoms with van der Waals surface area (Å²) in [7, 11) is 0. The number of aryl methyl sites for hydroxylation is 1. The first kappa shape index (κ1) is 6.34. The molecule has 1 aromatic heterocycles. The van der Waals surface area contributed by atoms with Crippen LogP contribution < -0.4 is 10.1 Å². The zero-order valence-electron chi connectivity index (χ0n) is 6.84. The average Bonchev–Trinajstić information content (AvgIpc) is 2.62. The van der Waals surface area contributed by atoms with E-state index in [9.17, 15) is 0 Å². The summed E-state index contributed by atoms with van der Waals surface area (Å²) in [5, 5.41) is 3.36. The van der Waals surface area contributed by atoms with E-state index < -0.39 is 0 Å². The van der Waals surface area contributed by atoms with Crippen LogP contribution in [0.5, 0.6) is 6.01 Å². The Labute approximate surface area is 70.5 Å². The molecule has 0 spiro atoms. The van der Waals surface area contributed by atoms with Gasteiger partial charge in [0.1, 0.15) is 12.4 Å². The van der Waals surface area contributed by atoms with E-state index >= 15 is 0 Å². The maximum Gasteiger partial charge on any atom is 0.298 e. The standard InChI is InChI=1S/C8H11N3O/c1-2-6-7(9-3-1)11-4-5-12-8(11)10-6/h9H,1-5H2. The second-order valence-electron chi connectivity index (χ2n) is 3.22. The van der Waals surface area contributed by atoms with Crippen molar-refractivity contribution in [3.8, 4) is 6.01 Å².